The van der Waals surface area contributed by atoms with Crippen molar-refractivity contribution in [2.24, 2.45) is 5.73 Å². The molecule has 0 heterocycles. The van der Waals surface area contributed by atoms with Gasteiger partial charge in [0.05, 0.1) is 13.0 Å². The first-order valence-corrected chi connectivity index (χ1v) is 5.57. The molecule has 4 atom stereocenters. The summed E-state index contributed by atoms with van der Waals surface area (Å²) >= 11 is 0. The molecule has 0 rings (SSSR count). The molecule has 11 nitrogen and oxygen atoms in total. The van der Waals surface area contributed by atoms with E-state index in [9.17, 15) is 14.4 Å². The van der Waals surface area contributed by atoms with E-state index in [2.05, 4.69) is 0 Å². The van der Waals surface area contributed by atoms with Gasteiger partial charge in [-0.1, -0.05) is 0 Å². The zero-order valence-electron chi connectivity index (χ0n) is 10.9. The van der Waals surface area contributed by atoms with Gasteiger partial charge in [0, 0.05) is 0 Å². The largest absolute Gasteiger partial charge is 0.481 e. The van der Waals surface area contributed by atoms with Crippen LogP contribution < -0.4 is 5.73 Å². The molecule has 124 valence electrons. The number of carboxylic acids is 2. The first-order valence-electron chi connectivity index (χ1n) is 5.57. The van der Waals surface area contributed by atoms with E-state index in [1.54, 1.807) is 0 Å². The molecular formula is C10H19NO10. The molecule has 4 unspecified atom stereocenters. The molecule has 0 aromatic heterocycles. The number of nitrogens with two attached hydrogens (primary N) is 1. The fourth-order valence-corrected chi connectivity index (χ4v) is 0.878. The lowest BCUT2D eigenvalue weighted by Crippen LogP contribution is -2.44. The Balaban J connectivity index is 0. The van der Waals surface area contributed by atoms with Gasteiger partial charge in [-0.15, -0.1) is 0 Å². The highest BCUT2D eigenvalue weighted by Crippen LogP contribution is 2.00. The summed E-state index contributed by atoms with van der Waals surface area (Å²) in [6.45, 7) is -1.69. The van der Waals surface area contributed by atoms with Crippen LogP contribution in [0.2, 0.25) is 0 Å². The maximum Gasteiger partial charge on any atom is 0.321 e. The van der Waals surface area contributed by atoms with Crippen molar-refractivity contribution >= 4 is 17.7 Å². The second-order valence-corrected chi connectivity index (χ2v) is 3.85. The molecular weight excluding hydrogens is 294 g/mol. The van der Waals surface area contributed by atoms with Crippen molar-refractivity contribution in [2.45, 2.75) is 30.8 Å². The van der Waals surface area contributed by atoms with Crippen LogP contribution in [0, 0.1) is 0 Å². The molecule has 0 amide bonds. The number of Topliss-reactive ketones (excluding diaryl/α,β-unsaturated/α-hetero) is 1. The number of ketones is 1. The van der Waals surface area contributed by atoms with Crippen LogP contribution >= 0.6 is 0 Å². The first-order chi connectivity index (χ1) is 9.58. The molecule has 9 N–H and O–H groups in total. The van der Waals surface area contributed by atoms with E-state index in [0.717, 1.165) is 0 Å². The molecule has 0 bridgehead atoms. The van der Waals surface area contributed by atoms with Gasteiger partial charge in [-0.3, -0.25) is 14.4 Å². The Hall–Kier alpha value is -1.63. The van der Waals surface area contributed by atoms with E-state index in [1.807, 2.05) is 0 Å². The summed E-state index contributed by atoms with van der Waals surface area (Å²) in [5.41, 5.74) is 4.84. The third-order valence-corrected chi connectivity index (χ3v) is 2.10. The Labute approximate surface area is 118 Å². The SMILES string of the molecule is NC(CC(=O)O)C(=O)O.O=C(CO)C(O)C(O)C(O)CO. The van der Waals surface area contributed by atoms with Gasteiger partial charge in [0.1, 0.15) is 31.0 Å². The second kappa shape index (κ2) is 11.1. The van der Waals surface area contributed by atoms with Crippen LogP contribution in [0.5, 0.6) is 0 Å². The van der Waals surface area contributed by atoms with E-state index in [-0.39, 0.29) is 0 Å². The van der Waals surface area contributed by atoms with Gasteiger partial charge in [0.15, 0.2) is 5.78 Å². The fraction of sp³-hybridized carbons (Fsp3) is 0.700. The van der Waals surface area contributed by atoms with Crippen LogP contribution in [0.4, 0.5) is 0 Å². The summed E-state index contributed by atoms with van der Waals surface area (Å²) in [6.07, 6.45) is -5.75. The smallest absolute Gasteiger partial charge is 0.321 e. The molecule has 21 heavy (non-hydrogen) atoms. The Morgan fingerprint density at radius 3 is 1.71 bits per heavy atom. The number of hydrogen-bond donors (Lipinski definition) is 8. The van der Waals surface area contributed by atoms with E-state index in [1.165, 1.54) is 0 Å². The third-order valence-electron chi connectivity index (χ3n) is 2.10. The molecule has 0 aliphatic rings. The molecule has 0 spiro atoms. The van der Waals surface area contributed by atoms with Crippen LogP contribution in [0.3, 0.4) is 0 Å². The van der Waals surface area contributed by atoms with Gasteiger partial charge in [0.25, 0.3) is 0 Å². The van der Waals surface area contributed by atoms with Crippen molar-refractivity contribution in [2.75, 3.05) is 13.2 Å². The van der Waals surface area contributed by atoms with Crippen molar-refractivity contribution in [3.8, 4) is 0 Å². The zero-order valence-corrected chi connectivity index (χ0v) is 10.9. The first kappa shape index (κ1) is 21.7. The summed E-state index contributed by atoms with van der Waals surface area (Å²) in [5, 5.41) is 59.1. The van der Waals surface area contributed by atoms with Crippen molar-refractivity contribution < 1.29 is 50.1 Å². The lowest BCUT2D eigenvalue weighted by Gasteiger charge is -2.19. The predicted molar refractivity (Wildman–Crippen MR) is 65.1 cm³/mol. The number of carbonyl (C=O) groups is 3. The van der Waals surface area contributed by atoms with Gasteiger partial charge in [-0.2, -0.15) is 0 Å². The minimum atomic E-state index is -1.86. The number of aliphatic hydroxyl groups excluding tert-OH is 5. The Kier molecular flexibility index (Phi) is 11.4. The Bertz CT molecular complexity index is 347. The molecule has 0 aliphatic heterocycles. The maximum atomic E-state index is 10.5. The highest BCUT2D eigenvalue weighted by atomic mass is 16.4. The van der Waals surface area contributed by atoms with Crippen molar-refractivity contribution in [1.29, 1.82) is 0 Å². The summed E-state index contributed by atoms with van der Waals surface area (Å²) in [5.74, 6) is -3.50. The number of hydrogen-bond acceptors (Lipinski definition) is 9. The number of rotatable bonds is 8. The molecule has 0 aromatic rings. The van der Waals surface area contributed by atoms with E-state index < -0.39 is 61.7 Å². The monoisotopic (exact) mass is 313 g/mol. The Morgan fingerprint density at radius 1 is 1.00 bits per heavy atom. The minimum absolute atomic E-state index is 0.532. The molecule has 0 fully saturated rings. The zero-order chi connectivity index (χ0) is 17.2. The molecule has 11 heteroatoms. The van der Waals surface area contributed by atoms with Crippen molar-refractivity contribution in [3.05, 3.63) is 0 Å². The summed E-state index contributed by atoms with van der Waals surface area (Å²) in [6, 6.07) is -1.29. The fourth-order valence-electron chi connectivity index (χ4n) is 0.878. The second-order valence-electron chi connectivity index (χ2n) is 3.85. The predicted octanol–water partition coefficient (Wildman–Crippen LogP) is -4.50. The molecule has 0 saturated heterocycles. The highest BCUT2D eigenvalue weighted by molar-refractivity contribution is 5.84. The van der Waals surface area contributed by atoms with Crippen LogP contribution in [0.25, 0.3) is 0 Å². The Morgan fingerprint density at radius 2 is 1.48 bits per heavy atom. The summed E-state index contributed by atoms with van der Waals surface area (Å²) < 4.78 is 0. The van der Waals surface area contributed by atoms with Crippen molar-refractivity contribution in [1.82, 2.24) is 0 Å². The van der Waals surface area contributed by atoms with Gasteiger partial charge >= 0.3 is 11.9 Å². The van der Waals surface area contributed by atoms with Crippen LogP contribution in [0.15, 0.2) is 0 Å². The lowest BCUT2D eigenvalue weighted by molar-refractivity contribution is -0.144. The summed E-state index contributed by atoms with van der Waals surface area (Å²) in [4.78, 5) is 30.1. The molecule has 0 saturated carbocycles. The third kappa shape index (κ3) is 9.84. The van der Waals surface area contributed by atoms with Gasteiger partial charge in [0.2, 0.25) is 0 Å². The number of aliphatic hydroxyl groups is 5. The average molecular weight is 313 g/mol. The van der Waals surface area contributed by atoms with Crippen LogP contribution in [0.1, 0.15) is 6.42 Å². The highest BCUT2D eigenvalue weighted by Gasteiger charge is 2.28. The normalized spacial score (nSPS) is 15.9. The number of carboxylic acid groups (broad SMARTS) is 2. The molecule has 0 aromatic carbocycles. The minimum Gasteiger partial charge on any atom is -0.481 e. The van der Waals surface area contributed by atoms with Gasteiger partial charge < -0.3 is 41.5 Å². The van der Waals surface area contributed by atoms with Gasteiger partial charge in [-0.25, -0.2) is 0 Å². The lowest BCUT2D eigenvalue weighted by atomic mass is 10.1. The number of carbonyl (C=O) groups excluding carboxylic acids is 1. The quantitative estimate of drug-likeness (QED) is 0.213. The van der Waals surface area contributed by atoms with Gasteiger partial charge in [-0.05, 0) is 0 Å². The standard InChI is InChI=1S/C6H12O6.C4H7NO4/c7-1-3(9)5(11)6(12)4(10)2-8;5-2(4(8)9)1-3(6)7/h3,5-9,11-12H,1-2H2;2H,1,5H2,(H,6,7)(H,8,9). The molecule has 0 radical (unpaired) electrons. The van der Waals surface area contributed by atoms with E-state index >= 15 is 0 Å². The molecule has 0 aliphatic carbocycles. The maximum absolute atomic E-state index is 10.5. The number of aliphatic carboxylic acids is 2. The van der Waals surface area contributed by atoms with Crippen LogP contribution in [-0.2, 0) is 14.4 Å². The van der Waals surface area contributed by atoms with E-state index in [0.29, 0.717) is 0 Å². The topological polar surface area (TPSA) is 219 Å². The van der Waals surface area contributed by atoms with Crippen molar-refractivity contribution in [3.63, 3.8) is 0 Å². The summed E-state index contributed by atoms with van der Waals surface area (Å²) in [7, 11) is 0. The average Bonchev–Trinajstić information content (AvgIpc) is 2.43. The van der Waals surface area contributed by atoms with Crippen LogP contribution in [-0.4, -0.2) is 91.0 Å². The van der Waals surface area contributed by atoms with E-state index in [4.69, 9.17) is 41.5 Å².